The van der Waals surface area contributed by atoms with Crippen molar-refractivity contribution in [1.29, 1.82) is 0 Å². The maximum atomic E-state index is 6.74. The predicted octanol–water partition coefficient (Wildman–Crippen LogP) is 16.3. The number of unbranched alkanes of at least 4 members (excludes halogenated alkanes) is 3. The second-order valence-electron chi connectivity index (χ2n) is 17.1. The number of pyridine rings is 1. The molecule has 343 valence electrons. The quantitative estimate of drug-likeness (QED) is 0.0461. The zero-order chi connectivity index (χ0) is 45.7. The molecular formula is C54H70Br2N3O3Pd. The topological polar surface area (TPSA) is 50.4 Å². The summed E-state index contributed by atoms with van der Waals surface area (Å²) in [5.41, 5.74) is 11.4. The van der Waals surface area contributed by atoms with Gasteiger partial charge in [0.1, 0.15) is 36.1 Å². The van der Waals surface area contributed by atoms with Crippen LogP contribution in [0.1, 0.15) is 151 Å². The van der Waals surface area contributed by atoms with Gasteiger partial charge >= 0.3 is 46.7 Å². The van der Waals surface area contributed by atoms with E-state index in [2.05, 4.69) is 183 Å². The molecule has 0 bridgehead atoms. The van der Waals surface area contributed by atoms with Gasteiger partial charge in [-0.05, 0) is 128 Å². The first-order chi connectivity index (χ1) is 30.4. The van der Waals surface area contributed by atoms with Crippen molar-refractivity contribution in [2.24, 2.45) is 0 Å². The van der Waals surface area contributed by atoms with Gasteiger partial charge in [-0.2, -0.15) is 4.57 Å². The zero-order valence-corrected chi connectivity index (χ0v) is 43.9. The minimum atomic E-state index is 0.377. The van der Waals surface area contributed by atoms with E-state index in [1.807, 2.05) is 36.4 Å². The van der Waals surface area contributed by atoms with Crippen LogP contribution in [0, 0.1) is 6.92 Å². The molecule has 0 aliphatic carbocycles. The Morgan fingerprint density at radius 2 is 1.13 bits per heavy atom. The van der Waals surface area contributed by atoms with Crippen molar-refractivity contribution in [3.05, 3.63) is 161 Å². The van der Waals surface area contributed by atoms with E-state index in [4.69, 9.17) is 14.2 Å². The van der Waals surface area contributed by atoms with E-state index < -0.39 is 0 Å². The fourth-order valence-electron chi connectivity index (χ4n) is 7.72. The SMILES string of the molecule is CCc1cc(OCc2ccccc2)cc(C)c1OCCCCCCOc1cn(-c2c(C(C)C)cccc2C(C)C)[cH+]n1-c1c(C(C)C)cccc1C(C)C.[Br][Pd-][Br].c1ccncc1. The molecule has 0 atom stereocenters. The first-order valence-corrected chi connectivity index (χ1v) is 29.7. The molecule has 0 saturated heterocycles. The minimum Gasteiger partial charge on any atom is -0.265 e. The Morgan fingerprint density at radius 3 is 1.60 bits per heavy atom. The maximum absolute atomic E-state index is 6.74. The van der Waals surface area contributed by atoms with Crippen molar-refractivity contribution in [3.8, 4) is 28.8 Å². The second-order valence-corrected chi connectivity index (χ2v) is 24.3. The molecule has 0 aliphatic rings. The summed E-state index contributed by atoms with van der Waals surface area (Å²) in [4.78, 5) is 3.78. The molecule has 6 rings (SSSR count). The number of para-hydroxylation sites is 2. The molecule has 2 heterocycles. The van der Waals surface area contributed by atoms with Crippen molar-refractivity contribution < 1.29 is 28.2 Å². The first kappa shape index (κ1) is 51.9. The van der Waals surface area contributed by atoms with Crippen molar-refractivity contribution in [2.75, 3.05) is 13.2 Å². The number of benzene rings is 4. The van der Waals surface area contributed by atoms with E-state index in [0.29, 0.717) is 57.4 Å². The van der Waals surface area contributed by atoms with Gasteiger partial charge < -0.3 is 14.2 Å². The Labute approximate surface area is 400 Å². The van der Waals surface area contributed by atoms with Crippen LogP contribution in [0.5, 0.6) is 17.4 Å². The average Bonchev–Trinajstić information content (AvgIpc) is 3.71. The molecule has 6 aromatic rings. The summed E-state index contributed by atoms with van der Waals surface area (Å²) in [5, 5.41) is 0. The van der Waals surface area contributed by atoms with E-state index in [9.17, 15) is 0 Å². The summed E-state index contributed by atoms with van der Waals surface area (Å²) < 4.78 is 23.9. The minimum absolute atomic E-state index is 0.377. The zero-order valence-electron chi connectivity index (χ0n) is 39.2. The number of imidazole rings is 1. The summed E-state index contributed by atoms with van der Waals surface area (Å²) >= 11 is 6.80. The number of aromatic nitrogens is 3. The van der Waals surface area contributed by atoms with Gasteiger partial charge in [-0.3, -0.25) is 4.98 Å². The third-order valence-corrected chi connectivity index (χ3v) is 11.0. The van der Waals surface area contributed by atoms with Crippen LogP contribution in [0.3, 0.4) is 0 Å². The Hall–Kier alpha value is -3.74. The fraction of sp³-hybridized carbons (Fsp3) is 0.407. The molecule has 4 aromatic carbocycles. The number of ether oxygens (including phenoxy) is 3. The average molecular weight is 1080 g/mol. The van der Waals surface area contributed by atoms with E-state index in [1.165, 1.54) is 44.8 Å². The van der Waals surface area contributed by atoms with Crippen LogP contribution in [-0.2, 0) is 27.0 Å². The van der Waals surface area contributed by atoms with Gasteiger partial charge in [-0.25, -0.2) is 4.57 Å². The van der Waals surface area contributed by atoms with E-state index in [0.717, 1.165) is 55.0 Å². The van der Waals surface area contributed by atoms with Crippen LogP contribution in [-0.4, -0.2) is 27.3 Å². The van der Waals surface area contributed by atoms with Gasteiger partial charge in [-0.15, -0.1) is 0 Å². The smallest absolute Gasteiger partial charge is 0.0267 e. The second kappa shape index (κ2) is 27.6. The number of nitrogens with zero attached hydrogens (tertiary/aromatic N) is 3. The molecule has 6 nitrogen and oxygen atoms in total. The van der Waals surface area contributed by atoms with Gasteiger partial charge in [0, 0.05) is 34.6 Å². The van der Waals surface area contributed by atoms with Gasteiger partial charge in [-0.1, -0.05) is 111 Å². The van der Waals surface area contributed by atoms with Gasteiger partial charge in [0.15, 0.2) is 12.5 Å². The van der Waals surface area contributed by atoms with E-state index >= 15 is 0 Å². The van der Waals surface area contributed by atoms with Crippen molar-refractivity contribution in [2.45, 2.75) is 132 Å². The normalized spacial score (nSPS) is 11.1. The molecule has 0 fully saturated rings. The molecule has 63 heavy (non-hydrogen) atoms. The number of rotatable bonds is 19. The van der Waals surface area contributed by atoms with Crippen molar-refractivity contribution in [1.82, 2.24) is 14.1 Å². The van der Waals surface area contributed by atoms with Crippen LogP contribution < -0.4 is 14.2 Å². The summed E-state index contributed by atoms with van der Waals surface area (Å²) in [6.07, 6.45) is 13.1. The Kier molecular flexibility index (Phi) is 22.7. The molecule has 0 unspecified atom stereocenters. The van der Waals surface area contributed by atoms with Crippen LogP contribution in [0.4, 0.5) is 0 Å². The van der Waals surface area contributed by atoms with Crippen molar-refractivity contribution in [3.63, 3.8) is 0 Å². The monoisotopic (exact) mass is 1070 g/mol. The van der Waals surface area contributed by atoms with Crippen LogP contribution in [0.2, 0.25) is 0 Å². The predicted molar refractivity (Wildman–Crippen MR) is 269 cm³/mol. The molecule has 0 amide bonds. The molecule has 0 N–H and O–H groups in total. The Balaban J connectivity index is 0.000000869. The number of halogens is 2. The molecule has 0 saturated carbocycles. The van der Waals surface area contributed by atoms with Gasteiger partial charge in [0.05, 0.1) is 6.61 Å². The summed E-state index contributed by atoms with van der Waals surface area (Å²) in [6.45, 7) is 24.5. The fourth-order valence-corrected chi connectivity index (χ4v) is 7.72. The molecular weight excluding hydrogens is 1000 g/mol. The Bertz CT molecular complexity index is 2150. The molecule has 0 radical (unpaired) electrons. The summed E-state index contributed by atoms with van der Waals surface area (Å²) in [6, 6.07) is 33.8. The number of hydrogen-bond donors (Lipinski definition) is 0. The Morgan fingerprint density at radius 1 is 0.619 bits per heavy atom. The maximum Gasteiger partial charge on any atom is 0.0267 e. The van der Waals surface area contributed by atoms with Gasteiger partial charge in [0.25, 0.3) is 0 Å². The van der Waals surface area contributed by atoms with Crippen LogP contribution in [0.25, 0.3) is 11.4 Å². The third-order valence-electron chi connectivity index (χ3n) is 11.0. The molecule has 0 aliphatic heterocycles. The summed E-state index contributed by atoms with van der Waals surface area (Å²) in [7, 11) is 0. The number of hydrogen-bond acceptors (Lipinski definition) is 4. The largest absolute Gasteiger partial charge is 0.265 e. The first-order valence-electron chi connectivity index (χ1n) is 22.5. The van der Waals surface area contributed by atoms with Crippen LogP contribution in [0.15, 0.2) is 122 Å². The standard InChI is InChI=1S/C49H65N2O3.C5H5N.2BrH.Pd/c1-11-40-30-41(54-32-39-21-15-14-16-22-39)29-38(10)49(40)53-28-18-13-12-17-27-52-46-31-50(47-42(34(2)3)23-19-24-43(47)35(4)5)33-51(46)48-44(36(6)7)25-20-26-45(48)37(8)9;1-2-4-6-5-3-1;;;/h14-16,19-26,29-31,33-37H,11-13,17-18,27-28,32H2,1-10H3;1-5H;2*1H;/q+1;;;;+1/p-2. The third kappa shape index (κ3) is 15.7. The molecule has 2 aromatic heterocycles. The molecule has 0 spiro atoms. The van der Waals surface area contributed by atoms with E-state index in [1.54, 1.807) is 12.4 Å². The van der Waals surface area contributed by atoms with Crippen molar-refractivity contribution >= 4 is 26.9 Å². The summed E-state index contributed by atoms with van der Waals surface area (Å²) in [5.74, 6) is 4.34. The molecule has 9 heteroatoms. The number of aryl methyl sites for hydroxylation is 2. The van der Waals surface area contributed by atoms with E-state index in [-0.39, 0.29) is 0 Å². The van der Waals surface area contributed by atoms with Crippen LogP contribution >= 0.6 is 26.9 Å². The van der Waals surface area contributed by atoms with Gasteiger partial charge in [0.2, 0.25) is 0 Å².